The van der Waals surface area contributed by atoms with E-state index in [2.05, 4.69) is 0 Å². The summed E-state index contributed by atoms with van der Waals surface area (Å²) in [5, 5.41) is 33.7. The van der Waals surface area contributed by atoms with Crippen LogP contribution in [0.2, 0.25) is 0 Å². The van der Waals surface area contributed by atoms with Gasteiger partial charge in [0.25, 0.3) is 0 Å². The van der Waals surface area contributed by atoms with Crippen molar-refractivity contribution >= 4 is 18.2 Å². The van der Waals surface area contributed by atoms with Crippen molar-refractivity contribution in [2.24, 2.45) is 11.8 Å². The number of aliphatic hydroxyl groups excluding tert-OH is 2. The van der Waals surface area contributed by atoms with Crippen molar-refractivity contribution in [1.29, 1.82) is 0 Å². The molecule has 0 saturated carbocycles. The average Bonchev–Trinajstić information content (AvgIpc) is 3.78. The predicted octanol–water partition coefficient (Wildman–Crippen LogP) is 1.66. The zero-order valence-electron chi connectivity index (χ0n) is 32.0. The number of likely N-dealkylation sites (N-methyl/N-ethyl adjacent to an activating group) is 1. The summed E-state index contributed by atoms with van der Waals surface area (Å²) in [5.74, 6) is -1.99. The molecule has 0 aliphatic carbocycles. The van der Waals surface area contributed by atoms with E-state index in [-0.39, 0.29) is 43.4 Å². The molecule has 4 rings (SSSR count). The molecule has 0 amide bonds. The third-order valence-electron chi connectivity index (χ3n) is 10.7. The summed E-state index contributed by atoms with van der Waals surface area (Å²) < 4.78 is 48.1. The second-order valence-corrected chi connectivity index (χ2v) is 15.5. The second kappa shape index (κ2) is 18.5. The third kappa shape index (κ3) is 11.2. The molecule has 298 valence electrons. The van der Waals surface area contributed by atoms with E-state index >= 15 is 0 Å². The highest BCUT2D eigenvalue weighted by molar-refractivity contribution is 5.70. The number of cyclic esters (lactones) is 1. The molecular weight excluding hydrogens is 682 g/mol. The van der Waals surface area contributed by atoms with Crippen LogP contribution in [0.5, 0.6) is 0 Å². The summed E-state index contributed by atoms with van der Waals surface area (Å²) in [6, 6.07) is -0.277. The number of carbonyl (C=O) groups excluding carboxylic acids is 3. The second-order valence-electron chi connectivity index (χ2n) is 15.5. The van der Waals surface area contributed by atoms with Crippen LogP contribution in [0.3, 0.4) is 0 Å². The maximum atomic E-state index is 12.9. The van der Waals surface area contributed by atoms with Crippen molar-refractivity contribution in [3.05, 3.63) is 12.2 Å². The SMILES string of the molecule is COC1C(O)CC(=O)OC(C)CC2OC2C=CC(O)C(C)CC(CC=O)C1OC1CC(N(C)C)C(OC2CC(C)(O)C(OC(C)=O)C(C)O2)C(C)O1. The molecule has 4 heterocycles. The number of nitrogens with zero attached hydrogens (tertiary/aromatic N) is 1. The number of aldehydes is 1. The quantitative estimate of drug-likeness (QED) is 0.134. The summed E-state index contributed by atoms with van der Waals surface area (Å²) in [5.41, 5.74) is -1.40. The van der Waals surface area contributed by atoms with Crippen LogP contribution < -0.4 is 0 Å². The third-order valence-corrected chi connectivity index (χ3v) is 10.7. The van der Waals surface area contributed by atoms with E-state index < -0.39 is 91.0 Å². The Bertz CT molecular complexity index is 1210. The number of aliphatic hydroxyl groups is 3. The zero-order valence-corrected chi connectivity index (χ0v) is 32.0. The highest BCUT2D eigenvalue weighted by atomic mass is 16.7. The van der Waals surface area contributed by atoms with Gasteiger partial charge in [0.15, 0.2) is 18.7 Å². The molecule has 15 nitrogen and oxygen atoms in total. The minimum absolute atomic E-state index is 0.0316. The standard InChI is InChI=1S/C37H61NO14/c1-19-14-24(12-13-39)34(35(45-9)27(42)17-30(43)46-20(2)15-29-28(50-29)11-10-26(19)41)51-31-16-25(38(7)8)33(21(3)47-31)52-32-18-37(6,44)36(22(4)48-32)49-23(5)40/h10-11,13,19-22,24-29,31-36,41-42,44H,12,14-18H2,1-9H3. The van der Waals surface area contributed by atoms with E-state index in [0.717, 1.165) is 6.29 Å². The molecule has 52 heavy (non-hydrogen) atoms. The Balaban J connectivity index is 1.56. The number of ether oxygens (including phenoxy) is 8. The molecule has 17 atom stereocenters. The van der Waals surface area contributed by atoms with Crippen LogP contribution >= 0.6 is 0 Å². The number of carbonyl (C=O) groups is 3. The first-order valence-corrected chi connectivity index (χ1v) is 18.5. The van der Waals surface area contributed by atoms with Gasteiger partial charge < -0.3 is 62.9 Å². The summed E-state index contributed by atoms with van der Waals surface area (Å²) in [7, 11) is 5.20. The van der Waals surface area contributed by atoms with Crippen molar-refractivity contribution in [3.8, 4) is 0 Å². The molecule has 0 aromatic carbocycles. The van der Waals surface area contributed by atoms with Gasteiger partial charge in [-0.1, -0.05) is 19.1 Å². The van der Waals surface area contributed by atoms with Crippen LogP contribution in [0, 0.1) is 11.8 Å². The Kier molecular flexibility index (Phi) is 15.2. The van der Waals surface area contributed by atoms with Gasteiger partial charge in [-0.2, -0.15) is 0 Å². The predicted molar refractivity (Wildman–Crippen MR) is 185 cm³/mol. The smallest absolute Gasteiger partial charge is 0.308 e. The maximum Gasteiger partial charge on any atom is 0.308 e. The largest absolute Gasteiger partial charge is 0.462 e. The zero-order chi connectivity index (χ0) is 38.5. The van der Waals surface area contributed by atoms with E-state index in [1.807, 2.05) is 38.9 Å². The van der Waals surface area contributed by atoms with Gasteiger partial charge in [0.05, 0.1) is 43.0 Å². The van der Waals surface area contributed by atoms with Gasteiger partial charge in [-0.15, -0.1) is 0 Å². The first-order chi connectivity index (χ1) is 24.4. The van der Waals surface area contributed by atoms with E-state index in [1.165, 1.54) is 14.0 Å². The number of esters is 2. The molecule has 3 N–H and O–H groups in total. The van der Waals surface area contributed by atoms with Crippen molar-refractivity contribution in [3.63, 3.8) is 0 Å². The van der Waals surface area contributed by atoms with Gasteiger partial charge in [0, 0.05) is 45.8 Å². The van der Waals surface area contributed by atoms with Gasteiger partial charge in [-0.25, -0.2) is 0 Å². The summed E-state index contributed by atoms with van der Waals surface area (Å²) in [6.45, 7) is 10.1. The minimum atomic E-state index is -1.40. The Morgan fingerprint density at radius 2 is 1.65 bits per heavy atom. The van der Waals surface area contributed by atoms with Crippen LogP contribution in [0.25, 0.3) is 0 Å². The highest BCUT2D eigenvalue weighted by Gasteiger charge is 2.50. The summed E-state index contributed by atoms with van der Waals surface area (Å²) in [6.07, 6.45) is -4.17. The lowest BCUT2D eigenvalue weighted by atomic mass is 9.82. The van der Waals surface area contributed by atoms with E-state index in [0.29, 0.717) is 19.3 Å². The normalized spacial score (nSPS) is 45.1. The first-order valence-electron chi connectivity index (χ1n) is 18.5. The fraction of sp³-hybridized carbons (Fsp3) is 0.865. The van der Waals surface area contributed by atoms with E-state index in [4.69, 9.17) is 37.9 Å². The lowest BCUT2D eigenvalue weighted by molar-refractivity contribution is -0.324. The number of fused-ring (bicyclic) bond motifs is 1. The molecule has 0 radical (unpaired) electrons. The summed E-state index contributed by atoms with van der Waals surface area (Å²) >= 11 is 0. The maximum absolute atomic E-state index is 12.9. The molecule has 4 aliphatic heterocycles. The minimum Gasteiger partial charge on any atom is -0.462 e. The van der Waals surface area contributed by atoms with Gasteiger partial charge in [-0.3, -0.25) is 9.59 Å². The fourth-order valence-corrected chi connectivity index (χ4v) is 7.90. The Hall–Kier alpha value is -2.05. The Morgan fingerprint density at radius 1 is 0.981 bits per heavy atom. The van der Waals surface area contributed by atoms with Gasteiger partial charge >= 0.3 is 11.9 Å². The van der Waals surface area contributed by atoms with E-state index in [1.54, 1.807) is 26.8 Å². The summed E-state index contributed by atoms with van der Waals surface area (Å²) in [4.78, 5) is 38.7. The molecule has 3 saturated heterocycles. The highest BCUT2D eigenvalue weighted by Crippen LogP contribution is 2.37. The number of hydrogen-bond acceptors (Lipinski definition) is 15. The van der Waals surface area contributed by atoms with Crippen LogP contribution in [0.15, 0.2) is 12.2 Å². The Morgan fingerprint density at radius 3 is 2.27 bits per heavy atom. The van der Waals surface area contributed by atoms with Gasteiger partial charge in [-0.05, 0) is 60.0 Å². The molecule has 4 aliphatic rings. The first kappa shape index (κ1) is 42.7. The van der Waals surface area contributed by atoms with Crippen LogP contribution in [0.4, 0.5) is 0 Å². The number of methoxy groups -OCH3 is 1. The molecular formula is C37H61NO14. The van der Waals surface area contributed by atoms with Gasteiger partial charge in [0.2, 0.25) is 0 Å². The van der Waals surface area contributed by atoms with Crippen LogP contribution in [0.1, 0.15) is 80.1 Å². The van der Waals surface area contributed by atoms with Crippen molar-refractivity contribution < 1.29 is 67.6 Å². The molecule has 0 spiro atoms. The molecule has 0 bridgehead atoms. The monoisotopic (exact) mass is 743 g/mol. The number of hydrogen-bond donors (Lipinski definition) is 3. The number of epoxide rings is 1. The molecule has 0 aromatic heterocycles. The van der Waals surface area contributed by atoms with Crippen molar-refractivity contribution in [2.45, 2.75) is 171 Å². The van der Waals surface area contributed by atoms with Crippen molar-refractivity contribution in [1.82, 2.24) is 4.90 Å². The Labute approximate surface area is 307 Å². The number of rotatable bonds is 9. The topological polar surface area (TPSA) is 192 Å². The van der Waals surface area contributed by atoms with Crippen molar-refractivity contribution in [2.75, 3.05) is 21.2 Å². The lowest BCUT2D eigenvalue weighted by Crippen LogP contribution is -2.60. The fourth-order valence-electron chi connectivity index (χ4n) is 7.90. The van der Waals surface area contributed by atoms with E-state index in [9.17, 15) is 29.7 Å². The van der Waals surface area contributed by atoms with Crippen LogP contribution in [-0.4, -0.2) is 151 Å². The van der Waals surface area contributed by atoms with Gasteiger partial charge in [0.1, 0.15) is 36.3 Å². The molecule has 15 heteroatoms. The van der Waals surface area contributed by atoms with Crippen LogP contribution in [-0.2, 0) is 52.3 Å². The molecule has 3 fully saturated rings. The molecule has 17 unspecified atom stereocenters. The average molecular weight is 744 g/mol. The molecule has 0 aromatic rings. The lowest BCUT2D eigenvalue weighted by Gasteiger charge is -2.48.